The van der Waals surface area contributed by atoms with Crippen LogP contribution < -0.4 is 0 Å². The Kier molecular flexibility index (Phi) is 3.49. The highest BCUT2D eigenvalue weighted by Gasteiger charge is 2.48. The Balaban J connectivity index is 2.20. The van der Waals surface area contributed by atoms with Crippen LogP contribution in [0.3, 0.4) is 0 Å². The maximum Gasteiger partial charge on any atom is 0.0815 e. The first-order valence-electron chi connectivity index (χ1n) is 6.83. The van der Waals surface area contributed by atoms with E-state index in [1.165, 1.54) is 30.4 Å². The van der Waals surface area contributed by atoms with E-state index in [4.69, 9.17) is 4.74 Å². The molecule has 0 heterocycles. The highest BCUT2D eigenvalue weighted by atomic mass is 16.5. The van der Waals surface area contributed by atoms with Gasteiger partial charge in [-0.3, -0.25) is 0 Å². The van der Waals surface area contributed by atoms with Gasteiger partial charge in [0.1, 0.15) is 0 Å². The fraction of sp³-hybridized carbons (Fsp3) is 0.750. The summed E-state index contributed by atoms with van der Waals surface area (Å²) in [6.07, 6.45) is 7.42. The molecule has 0 aromatic carbocycles. The van der Waals surface area contributed by atoms with Crippen LogP contribution in [-0.2, 0) is 4.74 Å². The van der Waals surface area contributed by atoms with Crippen molar-refractivity contribution in [3.05, 3.63) is 23.8 Å². The second-order valence-corrected chi connectivity index (χ2v) is 6.53. The summed E-state index contributed by atoms with van der Waals surface area (Å²) < 4.78 is 5.62. The van der Waals surface area contributed by atoms with Gasteiger partial charge in [-0.2, -0.15) is 0 Å². The van der Waals surface area contributed by atoms with Crippen molar-refractivity contribution in [2.24, 2.45) is 17.3 Å². The van der Waals surface area contributed by atoms with Gasteiger partial charge in [-0.15, -0.1) is 0 Å². The molecule has 0 saturated heterocycles. The molecule has 2 rings (SSSR count). The van der Waals surface area contributed by atoms with E-state index in [1.807, 2.05) is 7.11 Å². The van der Waals surface area contributed by atoms with Crippen LogP contribution in [0.25, 0.3) is 0 Å². The van der Waals surface area contributed by atoms with E-state index in [0.29, 0.717) is 11.3 Å². The monoisotopic (exact) mass is 234 g/mol. The van der Waals surface area contributed by atoms with Gasteiger partial charge < -0.3 is 4.74 Å². The summed E-state index contributed by atoms with van der Waals surface area (Å²) in [6.45, 7) is 11.4. The van der Waals surface area contributed by atoms with Crippen molar-refractivity contribution in [1.82, 2.24) is 0 Å². The van der Waals surface area contributed by atoms with E-state index >= 15 is 0 Å². The minimum absolute atomic E-state index is 0.228. The van der Waals surface area contributed by atoms with Gasteiger partial charge in [0.2, 0.25) is 0 Å². The zero-order valence-electron chi connectivity index (χ0n) is 11.8. The average molecular weight is 234 g/mol. The summed E-state index contributed by atoms with van der Waals surface area (Å²) in [4.78, 5) is 0. The number of hydrogen-bond donors (Lipinski definition) is 0. The number of rotatable bonds is 1. The van der Waals surface area contributed by atoms with Crippen molar-refractivity contribution in [2.45, 2.75) is 52.6 Å². The van der Waals surface area contributed by atoms with Gasteiger partial charge in [0.15, 0.2) is 0 Å². The average Bonchev–Trinajstić information content (AvgIpc) is 2.30. The maximum atomic E-state index is 5.62. The molecule has 2 aliphatic rings. The third-order valence-electron chi connectivity index (χ3n) is 4.94. The minimum Gasteiger partial charge on any atom is -0.377 e. The number of hydrogen-bond acceptors (Lipinski definition) is 1. The largest absolute Gasteiger partial charge is 0.377 e. The molecule has 0 spiro atoms. The van der Waals surface area contributed by atoms with Crippen LogP contribution in [0.1, 0.15) is 46.5 Å². The molecule has 1 nitrogen and oxygen atoms in total. The van der Waals surface area contributed by atoms with Crippen LogP contribution in [0.15, 0.2) is 23.8 Å². The first-order chi connectivity index (χ1) is 7.95. The molecule has 1 heteroatoms. The normalized spacial score (nSPS) is 40.1. The van der Waals surface area contributed by atoms with E-state index in [1.54, 1.807) is 0 Å². The van der Waals surface area contributed by atoms with Crippen molar-refractivity contribution in [1.29, 1.82) is 0 Å². The van der Waals surface area contributed by atoms with Crippen LogP contribution in [0.2, 0.25) is 0 Å². The molecule has 0 bridgehead atoms. The highest BCUT2D eigenvalue weighted by Crippen LogP contribution is 2.56. The van der Waals surface area contributed by atoms with Crippen LogP contribution in [0.5, 0.6) is 0 Å². The third kappa shape index (κ3) is 2.35. The molecule has 0 N–H and O–H groups in total. The molecule has 1 fully saturated rings. The third-order valence-corrected chi connectivity index (χ3v) is 4.94. The first-order valence-corrected chi connectivity index (χ1v) is 6.83. The van der Waals surface area contributed by atoms with Crippen LogP contribution in [-0.4, -0.2) is 13.2 Å². The van der Waals surface area contributed by atoms with Crippen LogP contribution in [0.4, 0.5) is 0 Å². The van der Waals surface area contributed by atoms with Gasteiger partial charge in [0.25, 0.3) is 0 Å². The van der Waals surface area contributed by atoms with Gasteiger partial charge in [-0.25, -0.2) is 0 Å². The molecular formula is C16H26O. The predicted octanol–water partition coefficient (Wildman–Crippen LogP) is 4.35. The zero-order valence-corrected chi connectivity index (χ0v) is 11.8. The van der Waals surface area contributed by atoms with E-state index in [0.717, 1.165) is 12.3 Å². The fourth-order valence-corrected chi connectivity index (χ4v) is 3.66. The van der Waals surface area contributed by atoms with E-state index in [9.17, 15) is 0 Å². The van der Waals surface area contributed by atoms with Crippen LogP contribution in [0, 0.1) is 17.3 Å². The Morgan fingerprint density at radius 2 is 2.12 bits per heavy atom. The lowest BCUT2D eigenvalue weighted by atomic mass is 9.52. The Bertz CT molecular complexity index is 337. The van der Waals surface area contributed by atoms with E-state index < -0.39 is 0 Å². The number of fused-ring (bicyclic) bond motifs is 1. The lowest BCUT2D eigenvalue weighted by Crippen LogP contribution is -2.46. The van der Waals surface area contributed by atoms with Crippen molar-refractivity contribution < 1.29 is 4.74 Å². The Morgan fingerprint density at radius 3 is 2.71 bits per heavy atom. The fourth-order valence-electron chi connectivity index (χ4n) is 3.66. The maximum absolute atomic E-state index is 5.62. The summed E-state index contributed by atoms with van der Waals surface area (Å²) >= 11 is 0. The standard InChI is InChI=1S/C16H26O/c1-11-6-8-14-13(10-16(14,3)4)12(2)15(17-5)9-7-11/h7,13-15H,2,6,8-10H2,1,3-5H3/b11-7-. The van der Waals surface area contributed by atoms with E-state index in [-0.39, 0.29) is 6.10 Å². The Labute approximate surface area is 106 Å². The van der Waals surface area contributed by atoms with Crippen molar-refractivity contribution in [3.8, 4) is 0 Å². The molecule has 0 aromatic rings. The molecule has 0 aliphatic heterocycles. The summed E-state index contributed by atoms with van der Waals surface area (Å²) in [6, 6.07) is 0. The molecule has 3 unspecified atom stereocenters. The second kappa shape index (κ2) is 4.61. The van der Waals surface area contributed by atoms with Crippen LogP contribution >= 0.6 is 0 Å². The molecule has 1 saturated carbocycles. The van der Waals surface area contributed by atoms with E-state index in [2.05, 4.69) is 33.4 Å². The van der Waals surface area contributed by atoms with Gasteiger partial charge >= 0.3 is 0 Å². The highest BCUT2D eigenvalue weighted by molar-refractivity contribution is 5.20. The molecule has 2 aliphatic carbocycles. The second-order valence-electron chi connectivity index (χ2n) is 6.53. The molecule has 0 radical (unpaired) electrons. The summed E-state index contributed by atoms with van der Waals surface area (Å²) in [7, 11) is 1.82. The quantitative estimate of drug-likeness (QED) is 0.613. The molecule has 0 amide bonds. The van der Waals surface area contributed by atoms with Crippen molar-refractivity contribution in [2.75, 3.05) is 7.11 Å². The number of methoxy groups -OCH3 is 1. The van der Waals surface area contributed by atoms with Crippen molar-refractivity contribution >= 4 is 0 Å². The van der Waals surface area contributed by atoms with Crippen molar-refractivity contribution in [3.63, 3.8) is 0 Å². The number of ether oxygens (including phenoxy) is 1. The summed E-state index contributed by atoms with van der Waals surface area (Å²) in [5.41, 5.74) is 3.35. The lowest BCUT2D eigenvalue weighted by molar-refractivity contribution is -0.0107. The molecular weight excluding hydrogens is 208 g/mol. The Hall–Kier alpha value is -0.560. The molecule has 96 valence electrons. The smallest absolute Gasteiger partial charge is 0.0815 e. The molecule has 17 heavy (non-hydrogen) atoms. The SMILES string of the molecule is C=C1C(OC)C/C=C(/C)CCC2C1CC2(C)C. The van der Waals surface area contributed by atoms with Gasteiger partial charge in [-0.1, -0.05) is 32.1 Å². The predicted molar refractivity (Wildman–Crippen MR) is 72.9 cm³/mol. The van der Waals surface area contributed by atoms with Gasteiger partial charge in [-0.05, 0) is 55.4 Å². The topological polar surface area (TPSA) is 9.23 Å². The molecule has 3 atom stereocenters. The molecule has 0 aromatic heterocycles. The summed E-state index contributed by atoms with van der Waals surface area (Å²) in [5.74, 6) is 1.49. The number of allylic oxidation sites excluding steroid dienone is 1. The lowest BCUT2D eigenvalue weighted by Gasteiger charge is -2.53. The minimum atomic E-state index is 0.228. The van der Waals surface area contributed by atoms with Gasteiger partial charge in [0.05, 0.1) is 6.10 Å². The zero-order chi connectivity index (χ0) is 12.6. The first kappa shape index (κ1) is 12.9. The van der Waals surface area contributed by atoms with Gasteiger partial charge in [0, 0.05) is 7.11 Å². The Morgan fingerprint density at radius 1 is 1.41 bits per heavy atom. The summed E-state index contributed by atoms with van der Waals surface area (Å²) in [5, 5.41) is 0.